The largest absolute Gasteiger partial charge is 0.496 e. The third kappa shape index (κ3) is 8.77. The zero-order chi connectivity index (χ0) is 23.6. The number of rotatable bonds is 9. The lowest BCUT2D eigenvalue weighted by atomic mass is 9.76. The van der Waals surface area contributed by atoms with E-state index in [1.807, 2.05) is 52.8 Å². The molecule has 31 heavy (non-hydrogen) atoms. The van der Waals surface area contributed by atoms with Gasteiger partial charge >= 0.3 is 12.1 Å². The number of carbonyl (C=O) groups is 2. The Morgan fingerprint density at radius 1 is 1.19 bits per heavy atom. The van der Waals surface area contributed by atoms with Gasteiger partial charge in [-0.15, -0.1) is 0 Å². The van der Waals surface area contributed by atoms with Gasteiger partial charge in [0.25, 0.3) is 0 Å². The summed E-state index contributed by atoms with van der Waals surface area (Å²) in [4.78, 5) is 27.1. The summed E-state index contributed by atoms with van der Waals surface area (Å²) in [5.41, 5.74) is 0.212. The molecule has 1 aliphatic rings. The van der Waals surface area contributed by atoms with Crippen LogP contribution in [0.15, 0.2) is 36.1 Å². The first-order valence-corrected chi connectivity index (χ1v) is 10.8. The molecule has 0 aliphatic carbocycles. The lowest BCUT2D eigenvalue weighted by Crippen LogP contribution is -2.54. The number of hydrogen-bond donors (Lipinski definition) is 0. The highest BCUT2D eigenvalue weighted by molar-refractivity contribution is 5.77. The maximum absolute atomic E-state index is 12.8. The molecule has 0 spiro atoms. The van der Waals surface area contributed by atoms with Crippen molar-refractivity contribution in [2.45, 2.75) is 59.6 Å². The monoisotopic (exact) mass is 437 g/mol. The van der Waals surface area contributed by atoms with E-state index in [9.17, 15) is 9.59 Å². The van der Waals surface area contributed by atoms with E-state index < -0.39 is 17.6 Å². The second kappa shape index (κ2) is 12.5. The van der Waals surface area contributed by atoms with E-state index in [2.05, 4.69) is 6.58 Å². The zero-order valence-corrected chi connectivity index (χ0v) is 20.1. The fourth-order valence-corrected chi connectivity index (χ4v) is 3.55. The van der Waals surface area contributed by atoms with Crippen LogP contribution in [0, 0.1) is 11.8 Å². The number of methoxy groups -OCH3 is 1. The van der Waals surface area contributed by atoms with Crippen LogP contribution in [0.3, 0.4) is 0 Å². The van der Waals surface area contributed by atoms with E-state index in [0.29, 0.717) is 26.2 Å². The normalized spacial score (nSPS) is 22.4. The maximum Gasteiger partial charge on any atom is 0.410 e. The Morgan fingerprint density at radius 2 is 1.87 bits per heavy atom. The average Bonchev–Trinajstić information content (AvgIpc) is 2.66. The molecule has 1 saturated heterocycles. The molecule has 7 nitrogen and oxygen atoms in total. The van der Waals surface area contributed by atoms with Crippen LogP contribution < -0.4 is 0 Å². The Labute approximate surface area is 187 Å². The van der Waals surface area contributed by atoms with Gasteiger partial charge < -0.3 is 23.8 Å². The van der Waals surface area contributed by atoms with Crippen molar-refractivity contribution in [2.24, 2.45) is 11.8 Å². The van der Waals surface area contributed by atoms with Gasteiger partial charge in [0, 0.05) is 25.6 Å². The van der Waals surface area contributed by atoms with Crippen LogP contribution in [0.2, 0.25) is 0 Å². The summed E-state index contributed by atoms with van der Waals surface area (Å²) in [6.07, 6.45) is 5.77. The number of amides is 1. The molecule has 0 unspecified atom stereocenters. The molecule has 0 radical (unpaired) electrons. The maximum atomic E-state index is 12.8. The van der Waals surface area contributed by atoms with Gasteiger partial charge in [-0.25, -0.2) is 4.79 Å². The molecule has 0 aromatic carbocycles. The first-order valence-electron chi connectivity index (χ1n) is 10.8. The van der Waals surface area contributed by atoms with Gasteiger partial charge in [-0.05, 0) is 54.0 Å². The van der Waals surface area contributed by atoms with Gasteiger partial charge in [0.15, 0.2) is 0 Å². The molecule has 3 atom stereocenters. The van der Waals surface area contributed by atoms with E-state index in [4.69, 9.17) is 18.9 Å². The highest BCUT2D eigenvalue weighted by Crippen LogP contribution is 2.36. The molecule has 0 saturated carbocycles. The molecular formula is C24H39NO6. The molecule has 1 amide bonds. The summed E-state index contributed by atoms with van der Waals surface area (Å²) in [5, 5.41) is 0. The van der Waals surface area contributed by atoms with Crippen molar-refractivity contribution in [3.05, 3.63) is 36.1 Å². The van der Waals surface area contributed by atoms with Crippen LogP contribution in [-0.2, 0) is 23.7 Å². The topological polar surface area (TPSA) is 74.3 Å². The summed E-state index contributed by atoms with van der Waals surface area (Å²) in [6, 6.07) is -0.368. The number of ether oxygens (including phenoxy) is 4. The molecule has 176 valence electrons. The Bertz CT molecular complexity index is 676. The molecule has 1 fully saturated rings. The van der Waals surface area contributed by atoms with E-state index in [1.54, 1.807) is 18.9 Å². The fraction of sp³-hybridized carbons (Fsp3) is 0.667. The number of carbonyl (C=O) groups excluding carboxylic acids is 2. The Kier molecular flexibility index (Phi) is 10.8. The quantitative estimate of drug-likeness (QED) is 0.229. The van der Waals surface area contributed by atoms with Crippen molar-refractivity contribution < 1.29 is 28.5 Å². The molecule has 1 heterocycles. The van der Waals surface area contributed by atoms with Crippen molar-refractivity contribution in [2.75, 3.05) is 33.5 Å². The third-order valence-electron chi connectivity index (χ3n) is 5.05. The number of likely N-dealkylation sites (tertiary alicyclic amines) is 1. The van der Waals surface area contributed by atoms with Crippen molar-refractivity contribution >= 4 is 12.1 Å². The van der Waals surface area contributed by atoms with Crippen LogP contribution in [0.5, 0.6) is 0 Å². The molecule has 0 N–H and O–H groups in total. The lowest BCUT2D eigenvalue weighted by Gasteiger charge is -2.43. The highest BCUT2D eigenvalue weighted by atomic mass is 16.6. The van der Waals surface area contributed by atoms with Crippen molar-refractivity contribution in [1.82, 2.24) is 4.90 Å². The number of piperidine rings is 1. The lowest BCUT2D eigenvalue weighted by molar-refractivity contribution is -0.153. The summed E-state index contributed by atoms with van der Waals surface area (Å²) in [6.45, 7) is 16.9. The molecule has 0 bridgehead atoms. The summed E-state index contributed by atoms with van der Waals surface area (Å²) in [5.74, 6) is -0.206. The summed E-state index contributed by atoms with van der Waals surface area (Å²) >= 11 is 0. The smallest absolute Gasteiger partial charge is 0.410 e. The minimum absolute atomic E-state index is 0.132. The van der Waals surface area contributed by atoms with Gasteiger partial charge in [-0.2, -0.15) is 0 Å². The van der Waals surface area contributed by atoms with Crippen molar-refractivity contribution in [1.29, 1.82) is 0 Å². The van der Waals surface area contributed by atoms with Gasteiger partial charge in [0.1, 0.15) is 12.2 Å². The molecule has 7 heteroatoms. The Hall–Kier alpha value is -2.28. The molecular weight excluding hydrogens is 398 g/mol. The highest BCUT2D eigenvalue weighted by Gasteiger charge is 2.44. The van der Waals surface area contributed by atoms with Crippen molar-refractivity contribution in [3.8, 4) is 0 Å². The molecule has 1 rings (SSSR count). The fourth-order valence-electron chi connectivity index (χ4n) is 3.55. The number of allylic oxidation sites excluding steroid dienone is 5. The first kappa shape index (κ1) is 26.8. The van der Waals surface area contributed by atoms with Crippen LogP contribution in [0.1, 0.15) is 48.0 Å². The van der Waals surface area contributed by atoms with Gasteiger partial charge in [-0.1, -0.05) is 24.3 Å². The molecule has 0 aromatic rings. The Balaban J connectivity index is 2.95. The predicted octanol–water partition coefficient (Wildman–Crippen LogP) is 4.49. The number of hydrogen-bond acceptors (Lipinski definition) is 6. The van der Waals surface area contributed by atoms with Gasteiger partial charge in [0.05, 0.1) is 24.9 Å². The van der Waals surface area contributed by atoms with Crippen LogP contribution in [-0.4, -0.2) is 62.1 Å². The minimum atomic E-state index is -0.602. The van der Waals surface area contributed by atoms with E-state index in [-0.39, 0.29) is 24.5 Å². The average molecular weight is 438 g/mol. The second-order valence-corrected chi connectivity index (χ2v) is 8.64. The van der Waals surface area contributed by atoms with E-state index in [0.717, 1.165) is 11.3 Å². The van der Waals surface area contributed by atoms with Crippen LogP contribution >= 0.6 is 0 Å². The predicted molar refractivity (Wildman–Crippen MR) is 120 cm³/mol. The van der Waals surface area contributed by atoms with Crippen molar-refractivity contribution in [3.63, 3.8) is 0 Å². The Morgan fingerprint density at radius 3 is 2.45 bits per heavy atom. The van der Waals surface area contributed by atoms with Gasteiger partial charge in [0.2, 0.25) is 0 Å². The zero-order valence-electron chi connectivity index (χ0n) is 20.1. The number of esters is 1. The van der Waals surface area contributed by atoms with E-state index in [1.165, 1.54) is 0 Å². The molecule has 1 aliphatic heterocycles. The third-order valence-corrected chi connectivity index (χ3v) is 5.05. The summed E-state index contributed by atoms with van der Waals surface area (Å²) in [7, 11) is 1.63. The SMILES string of the molecule is C=C(/C=C\C=C(/C)OCCOC)[C@H]1CCN(C(=O)OC(C)(C)C)[C@@H](C)[C@@H]1C(=O)OCC. The van der Waals surface area contributed by atoms with Gasteiger partial charge in [-0.3, -0.25) is 4.79 Å². The first-order chi connectivity index (χ1) is 14.5. The van der Waals surface area contributed by atoms with E-state index >= 15 is 0 Å². The van der Waals surface area contributed by atoms with Crippen LogP contribution in [0.25, 0.3) is 0 Å². The minimum Gasteiger partial charge on any atom is -0.496 e. The second-order valence-electron chi connectivity index (χ2n) is 8.64. The summed E-state index contributed by atoms with van der Waals surface area (Å²) < 4.78 is 21.3. The molecule has 0 aromatic heterocycles. The standard InChI is InChI=1S/C24H39NO6/c1-9-29-22(26)21-19(4)25(23(27)31-24(5,6)7)14-13-20(21)17(2)11-10-12-18(3)30-16-15-28-8/h10-12,19-21H,2,9,13-16H2,1,3-8H3/b11-10-,18-12+/t19-,20+,21-/m0/s1. The number of nitrogens with zero attached hydrogens (tertiary/aromatic N) is 1. The van der Waals surface area contributed by atoms with Crippen LogP contribution in [0.4, 0.5) is 4.79 Å².